The number of para-hydroxylation sites is 1. The second-order valence-electron chi connectivity index (χ2n) is 5.26. The van der Waals surface area contributed by atoms with Crippen LogP contribution in [0.4, 0.5) is 0 Å². The third-order valence-electron chi connectivity index (χ3n) is 3.92. The van der Waals surface area contributed by atoms with Crippen molar-refractivity contribution in [1.29, 1.82) is 0 Å². The first-order valence-electron chi connectivity index (χ1n) is 7.36. The molecule has 0 bridgehead atoms. The summed E-state index contributed by atoms with van der Waals surface area (Å²) in [5, 5.41) is 11.7. The van der Waals surface area contributed by atoms with E-state index in [0.717, 1.165) is 0 Å². The van der Waals surface area contributed by atoms with Crippen LogP contribution in [0.1, 0.15) is 23.7 Å². The molecule has 0 fully saturated rings. The van der Waals surface area contributed by atoms with Crippen molar-refractivity contribution in [2.24, 2.45) is 0 Å². The molecule has 0 aliphatic carbocycles. The van der Waals surface area contributed by atoms with E-state index in [0.29, 0.717) is 34.5 Å². The minimum atomic E-state index is -0.879. The Kier molecular flexibility index (Phi) is 4.29. The average molecular weight is 325 g/mol. The fourth-order valence-corrected chi connectivity index (χ4v) is 2.81. The summed E-state index contributed by atoms with van der Waals surface area (Å²) in [6.45, 7) is 0. The van der Waals surface area contributed by atoms with Gasteiger partial charge in [0.25, 0.3) is 5.70 Å². The van der Waals surface area contributed by atoms with E-state index in [1.165, 1.54) is 0 Å². The maximum Gasteiger partial charge on any atom is 0.295 e. The van der Waals surface area contributed by atoms with E-state index < -0.39 is 11.0 Å². The molecule has 1 aliphatic heterocycles. The van der Waals surface area contributed by atoms with E-state index in [4.69, 9.17) is 9.47 Å². The molecule has 0 aromatic heterocycles. The molecule has 122 valence electrons. The smallest absolute Gasteiger partial charge is 0.295 e. The van der Waals surface area contributed by atoms with Crippen molar-refractivity contribution in [3.05, 3.63) is 75.5 Å². The van der Waals surface area contributed by atoms with Gasteiger partial charge in [0.1, 0.15) is 17.8 Å². The lowest BCUT2D eigenvalue weighted by Crippen LogP contribution is -2.22. The summed E-state index contributed by atoms with van der Waals surface area (Å²) in [4.78, 5) is 22.3. The first-order chi connectivity index (χ1) is 11.7. The number of allylic oxidation sites excluding steroid dienone is 1. The molecule has 0 radical (unpaired) electrons. The molecular formula is C18H15NO5. The zero-order valence-electron chi connectivity index (χ0n) is 13.0. The van der Waals surface area contributed by atoms with Gasteiger partial charge in [0.15, 0.2) is 0 Å². The number of hydrogen-bond donors (Lipinski definition) is 0. The van der Waals surface area contributed by atoms with Crippen molar-refractivity contribution in [1.82, 2.24) is 0 Å². The number of carbonyl (C=O) groups is 1. The lowest BCUT2D eigenvalue weighted by molar-refractivity contribution is -0.435. The van der Waals surface area contributed by atoms with Gasteiger partial charge < -0.3 is 14.3 Å². The first kappa shape index (κ1) is 15.7. The predicted octanol–water partition coefficient (Wildman–Crippen LogP) is 3.41. The highest BCUT2D eigenvalue weighted by Crippen LogP contribution is 2.43. The topological polar surface area (TPSA) is 78.7 Å². The maximum absolute atomic E-state index is 11.7. The minimum Gasteiger partial charge on any atom is -0.497 e. The molecule has 1 aliphatic rings. The summed E-state index contributed by atoms with van der Waals surface area (Å²) in [7, 11) is 1.55. The number of nitrogens with zero attached hydrogens (tertiary/aromatic N) is 1. The number of fused-ring (bicyclic) bond motifs is 1. The van der Waals surface area contributed by atoms with E-state index in [9.17, 15) is 14.9 Å². The Morgan fingerprint density at radius 2 is 1.92 bits per heavy atom. The summed E-state index contributed by atoms with van der Waals surface area (Å²) in [5.41, 5.74) is 1.49. The van der Waals surface area contributed by atoms with Crippen molar-refractivity contribution in [3.8, 4) is 11.5 Å². The van der Waals surface area contributed by atoms with Crippen LogP contribution in [0.15, 0.2) is 54.2 Å². The van der Waals surface area contributed by atoms with Crippen LogP contribution in [0.5, 0.6) is 11.5 Å². The van der Waals surface area contributed by atoms with Crippen molar-refractivity contribution >= 4 is 11.9 Å². The van der Waals surface area contributed by atoms with Gasteiger partial charge in [0, 0.05) is 23.1 Å². The normalized spacial score (nSPS) is 16.1. The standard InChI is InChI=1S/C18H15NO5/c1-23-13-8-6-12(7-9-13)18-17(19(21)22)15(10-11-20)14-4-2-3-5-16(14)24-18/h2-9,11,18H,10H2,1H3/t18-/m0/s1. The highest BCUT2D eigenvalue weighted by molar-refractivity contribution is 5.82. The molecule has 0 saturated carbocycles. The first-order valence-corrected chi connectivity index (χ1v) is 7.36. The van der Waals surface area contributed by atoms with Crippen LogP contribution in [0.25, 0.3) is 5.57 Å². The molecule has 6 nitrogen and oxygen atoms in total. The van der Waals surface area contributed by atoms with Gasteiger partial charge >= 0.3 is 0 Å². The number of rotatable bonds is 5. The molecule has 0 amide bonds. The molecule has 0 spiro atoms. The highest BCUT2D eigenvalue weighted by atomic mass is 16.6. The molecule has 1 heterocycles. The third-order valence-corrected chi connectivity index (χ3v) is 3.92. The summed E-state index contributed by atoms with van der Waals surface area (Å²) in [6.07, 6.45) is -0.245. The van der Waals surface area contributed by atoms with Gasteiger partial charge in [-0.15, -0.1) is 0 Å². The summed E-state index contributed by atoms with van der Waals surface area (Å²) in [6, 6.07) is 13.9. The maximum atomic E-state index is 11.7. The second-order valence-corrected chi connectivity index (χ2v) is 5.26. The van der Waals surface area contributed by atoms with E-state index >= 15 is 0 Å². The summed E-state index contributed by atoms with van der Waals surface area (Å²) >= 11 is 0. The lowest BCUT2D eigenvalue weighted by Gasteiger charge is -2.26. The van der Waals surface area contributed by atoms with Crippen LogP contribution in [0.2, 0.25) is 0 Å². The number of nitro groups is 1. The van der Waals surface area contributed by atoms with Crippen LogP contribution in [-0.4, -0.2) is 18.3 Å². The molecule has 3 rings (SSSR count). The van der Waals surface area contributed by atoms with Gasteiger partial charge in [-0.1, -0.05) is 30.3 Å². The second kappa shape index (κ2) is 6.54. The number of methoxy groups -OCH3 is 1. The Morgan fingerprint density at radius 1 is 1.21 bits per heavy atom. The average Bonchev–Trinajstić information content (AvgIpc) is 2.61. The molecular weight excluding hydrogens is 310 g/mol. The van der Waals surface area contributed by atoms with E-state index in [1.807, 2.05) is 0 Å². The van der Waals surface area contributed by atoms with Crippen LogP contribution in [0, 0.1) is 10.1 Å². The van der Waals surface area contributed by atoms with Gasteiger partial charge in [0.05, 0.1) is 12.0 Å². The molecule has 2 aromatic carbocycles. The van der Waals surface area contributed by atoms with Gasteiger partial charge in [-0.2, -0.15) is 0 Å². The molecule has 6 heteroatoms. The van der Waals surface area contributed by atoms with Crippen molar-refractivity contribution in [2.75, 3.05) is 7.11 Å². The number of carbonyl (C=O) groups excluding carboxylic acids is 1. The summed E-state index contributed by atoms with van der Waals surface area (Å²) < 4.78 is 11.0. The molecule has 0 unspecified atom stereocenters. The Hall–Kier alpha value is -3.15. The Morgan fingerprint density at radius 3 is 2.54 bits per heavy atom. The number of aldehydes is 1. The Balaban J connectivity index is 2.16. The fraction of sp³-hybridized carbons (Fsp3) is 0.167. The van der Waals surface area contributed by atoms with E-state index in [-0.39, 0.29) is 12.1 Å². The largest absolute Gasteiger partial charge is 0.497 e. The van der Waals surface area contributed by atoms with Crippen LogP contribution in [-0.2, 0) is 4.79 Å². The summed E-state index contributed by atoms with van der Waals surface area (Å²) in [5.74, 6) is 1.18. The molecule has 0 saturated heterocycles. The quantitative estimate of drug-likeness (QED) is 0.478. The zero-order valence-corrected chi connectivity index (χ0v) is 13.0. The van der Waals surface area contributed by atoms with Crippen molar-refractivity contribution < 1.29 is 19.2 Å². The Labute approximate surface area is 138 Å². The van der Waals surface area contributed by atoms with E-state index in [2.05, 4.69) is 0 Å². The van der Waals surface area contributed by atoms with E-state index in [1.54, 1.807) is 55.6 Å². The van der Waals surface area contributed by atoms with Crippen LogP contribution < -0.4 is 9.47 Å². The SMILES string of the molecule is COc1ccc([C@@H]2Oc3ccccc3C(CC=O)=C2[N+](=O)[O-])cc1. The lowest BCUT2D eigenvalue weighted by atomic mass is 9.92. The third kappa shape index (κ3) is 2.74. The monoisotopic (exact) mass is 325 g/mol. The van der Waals surface area contributed by atoms with Crippen molar-refractivity contribution in [3.63, 3.8) is 0 Å². The van der Waals surface area contributed by atoms with Crippen molar-refractivity contribution in [2.45, 2.75) is 12.5 Å². The highest BCUT2D eigenvalue weighted by Gasteiger charge is 2.38. The molecule has 2 aromatic rings. The number of benzene rings is 2. The molecule has 24 heavy (non-hydrogen) atoms. The van der Waals surface area contributed by atoms with Gasteiger partial charge in [-0.3, -0.25) is 10.1 Å². The number of ether oxygens (including phenoxy) is 2. The fourth-order valence-electron chi connectivity index (χ4n) is 2.81. The van der Waals surface area contributed by atoms with Gasteiger partial charge in [-0.05, 0) is 18.2 Å². The number of hydrogen-bond acceptors (Lipinski definition) is 5. The van der Waals surface area contributed by atoms with Crippen LogP contribution >= 0.6 is 0 Å². The van der Waals surface area contributed by atoms with Crippen LogP contribution in [0.3, 0.4) is 0 Å². The predicted molar refractivity (Wildman–Crippen MR) is 87.4 cm³/mol. The Bertz CT molecular complexity index is 810. The minimum absolute atomic E-state index is 0.0384. The van der Waals surface area contributed by atoms with Gasteiger partial charge in [0.2, 0.25) is 6.10 Å². The zero-order chi connectivity index (χ0) is 17.1. The molecule has 0 N–H and O–H groups in total. The van der Waals surface area contributed by atoms with Gasteiger partial charge in [-0.25, -0.2) is 0 Å². The molecule has 1 atom stereocenters.